The maximum atomic E-state index is 14.0. The van der Waals surface area contributed by atoms with Crippen LogP contribution in [-0.2, 0) is 15.6 Å². The molecule has 1 atom stereocenters. The molecule has 1 aliphatic carbocycles. The number of anilines is 3. The van der Waals surface area contributed by atoms with E-state index in [-0.39, 0.29) is 10.8 Å². The molecule has 2 aliphatic heterocycles. The number of esters is 2. The number of carbonyl (C=O) groups is 2. The maximum Gasteiger partial charge on any atom is 0.347 e. The number of ether oxygens (including phenoxy) is 1. The largest absolute Gasteiger partial charge is 0.386 e. The molecule has 2 heterocycles. The van der Waals surface area contributed by atoms with Gasteiger partial charge in [0.1, 0.15) is 11.9 Å². The van der Waals surface area contributed by atoms with E-state index in [1.165, 1.54) is 125 Å². The Morgan fingerprint density at radius 2 is 1.15 bits per heavy atom. The van der Waals surface area contributed by atoms with E-state index in [9.17, 15) is 9.59 Å². The molecule has 0 radical (unpaired) electrons. The van der Waals surface area contributed by atoms with Crippen molar-refractivity contribution in [2.45, 2.75) is 174 Å². The molecule has 0 bridgehead atoms. The van der Waals surface area contributed by atoms with E-state index < -0.39 is 11.9 Å². The minimum Gasteiger partial charge on any atom is -0.386 e. The highest BCUT2D eigenvalue weighted by atomic mass is 16.6. The Morgan fingerprint density at radius 3 is 1.75 bits per heavy atom. The van der Waals surface area contributed by atoms with Crippen molar-refractivity contribution in [2.24, 2.45) is 0 Å². The standard InChI is InChI=1S/C60H75N2O3/c1-8-11-14-20-40-62(49-23-16-15-17-24-49)42-53(51-36-26-43-22-21-25-52-55(43)56(51)58(64)65-57(52)63)50-37-35-48(41-54(50)62)61(46-31-27-44(28-32-46)59(4,5)38-18-12-9-2)47-33-29-45(30-34-47)60(6,7)39-19-13-10-3/h21-22,25-37,41-42,49H,8-20,23-24,38-40H2,1-7H3/q+1. The number of benzene rings is 5. The summed E-state index contributed by atoms with van der Waals surface area (Å²) in [6, 6.07) is 36.2. The fourth-order valence-electron chi connectivity index (χ4n) is 11.5. The molecule has 0 aromatic heterocycles. The Morgan fingerprint density at radius 1 is 0.585 bits per heavy atom. The van der Waals surface area contributed by atoms with E-state index in [1.807, 2.05) is 12.1 Å². The Labute approximate surface area is 390 Å². The van der Waals surface area contributed by atoms with Crippen molar-refractivity contribution < 1.29 is 14.3 Å². The van der Waals surface area contributed by atoms with Gasteiger partial charge in [-0.15, -0.1) is 0 Å². The molecule has 342 valence electrons. The van der Waals surface area contributed by atoms with Crippen LogP contribution in [-0.4, -0.2) is 24.5 Å². The highest BCUT2D eigenvalue weighted by Gasteiger charge is 2.47. The number of nitrogens with zero attached hydrogens (tertiary/aromatic N) is 2. The zero-order valence-corrected chi connectivity index (χ0v) is 40.7. The fourth-order valence-corrected chi connectivity index (χ4v) is 11.5. The van der Waals surface area contributed by atoms with Gasteiger partial charge in [0.2, 0.25) is 0 Å². The Balaban J connectivity index is 1.30. The second-order valence-electron chi connectivity index (χ2n) is 20.9. The van der Waals surface area contributed by atoms with Gasteiger partial charge < -0.3 is 9.64 Å². The van der Waals surface area contributed by atoms with Crippen LogP contribution in [0.25, 0.3) is 16.3 Å². The quantitative estimate of drug-likeness (QED) is 0.0338. The lowest BCUT2D eigenvalue weighted by atomic mass is 9.80. The summed E-state index contributed by atoms with van der Waals surface area (Å²) in [4.78, 5) is 29.5. The molecule has 0 spiro atoms. The van der Waals surface area contributed by atoms with Crippen LogP contribution in [0.15, 0.2) is 103 Å². The van der Waals surface area contributed by atoms with Gasteiger partial charge in [-0.05, 0) is 108 Å². The predicted molar refractivity (Wildman–Crippen MR) is 274 cm³/mol. The van der Waals surface area contributed by atoms with Gasteiger partial charge in [-0.25, -0.2) is 9.59 Å². The van der Waals surface area contributed by atoms with Crippen molar-refractivity contribution in [1.82, 2.24) is 4.48 Å². The van der Waals surface area contributed by atoms with Gasteiger partial charge in [-0.1, -0.05) is 155 Å². The van der Waals surface area contributed by atoms with Crippen molar-refractivity contribution in [3.63, 3.8) is 0 Å². The summed E-state index contributed by atoms with van der Waals surface area (Å²) in [6.07, 6.45) is 23.1. The summed E-state index contributed by atoms with van der Waals surface area (Å²) >= 11 is 0. The lowest BCUT2D eigenvalue weighted by molar-refractivity contribution is 0.0391. The van der Waals surface area contributed by atoms with Gasteiger partial charge in [0.15, 0.2) is 0 Å². The summed E-state index contributed by atoms with van der Waals surface area (Å²) < 4.78 is 6.27. The topological polar surface area (TPSA) is 46.6 Å². The molecule has 5 nitrogen and oxygen atoms in total. The number of rotatable bonds is 20. The number of hydrogen-bond donors (Lipinski definition) is 0. The average molecular weight is 872 g/mol. The van der Waals surface area contributed by atoms with Crippen LogP contribution in [0, 0.1) is 0 Å². The fraction of sp³-hybridized carbons (Fsp3) is 0.467. The minimum atomic E-state index is -0.569. The van der Waals surface area contributed by atoms with Crippen LogP contribution in [0.5, 0.6) is 0 Å². The number of unbranched alkanes of at least 4 members (excludes halogenated alkanes) is 7. The normalized spacial score (nSPS) is 17.6. The van der Waals surface area contributed by atoms with Crippen LogP contribution >= 0.6 is 0 Å². The van der Waals surface area contributed by atoms with Crippen molar-refractivity contribution in [1.29, 1.82) is 0 Å². The molecule has 65 heavy (non-hydrogen) atoms. The number of cyclic esters (lactones) is 2. The first-order valence-corrected chi connectivity index (χ1v) is 25.5. The molecule has 1 saturated carbocycles. The summed E-state index contributed by atoms with van der Waals surface area (Å²) in [5.41, 5.74) is 11.8. The molecule has 0 N–H and O–H groups in total. The zero-order chi connectivity index (χ0) is 45.8. The van der Waals surface area contributed by atoms with Crippen LogP contribution in [0.2, 0.25) is 0 Å². The van der Waals surface area contributed by atoms with E-state index >= 15 is 0 Å². The molecule has 0 saturated heterocycles. The van der Waals surface area contributed by atoms with Crippen molar-refractivity contribution >= 4 is 51.0 Å². The first-order chi connectivity index (χ1) is 31.4. The summed E-state index contributed by atoms with van der Waals surface area (Å²) in [6.45, 7) is 17.4. The van der Waals surface area contributed by atoms with E-state index in [0.29, 0.717) is 22.6 Å². The third-order valence-corrected chi connectivity index (χ3v) is 15.5. The van der Waals surface area contributed by atoms with Crippen molar-refractivity contribution in [3.8, 4) is 0 Å². The monoisotopic (exact) mass is 872 g/mol. The van der Waals surface area contributed by atoms with Gasteiger partial charge in [-0.3, -0.25) is 4.48 Å². The van der Waals surface area contributed by atoms with Gasteiger partial charge in [0, 0.05) is 52.4 Å². The summed E-state index contributed by atoms with van der Waals surface area (Å²) in [5, 5.41) is 1.59. The summed E-state index contributed by atoms with van der Waals surface area (Å²) in [7, 11) is 0. The van der Waals surface area contributed by atoms with Crippen LogP contribution in [0.3, 0.4) is 0 Å². The Bertz CT molecular complexity index is 2440. The molecule has 5 heteroatoms. The van der Waals surface area contributed by atoms with Gasteiger partial charge in [-0.2, -0.15) is 0 Å². The lowest BCUT2D eigenvalue weighted by Gasteiger charge is -2.42. The number of carbonyl (C=O) groups excluding carboxylic acids is 2. The SMILES string of the molecule is CCCCCC[N+]1(C2CCCCC2)C=C(c2ccc3cccc4c3c2C(=O)OC4=O)c2ccc(N(c3ccc(C(C)(C)CCCCC)cc3)c3ccc(C(C)(C)CCCCC)cc3)cc21. The van der Waals surface area contributed by atoms with Gasteiger partial charge in [0.05, 0.1) is 29.4 Å². The molecule has 1 unspecified atom stereocenters. The van der Waals surface area contributed by atoms with Crippen LogP contribution in [0.1, 0.15) is 201 Å². The van der Waals surface area contributed by atoms with Gasteiger partial charge in [0.25, 0.3) is 0 Å². The highest BCUT2D eigenvalue weighted by molar-refractivity contribution is 6.23. The first-order valence-electron chi connectivity index (χ1n) is 25.5. The third-order valence-electron chi connectivity index (χ3n) is 15.5. The maximum absolute atomic E-state index is 14.0. The molecule has 3 aliphatic rings. The van der Waals surface area contributed by atoms with E-state index in [1.54, 1.807) is 6.07 Å². The molecular formula is C60H75N2O3+. The third kappa shape index (κ3) is 9.37. The zero-order valence-electron chi connectivity index (χ0n) is 40.7. The lowest BCUT2D eigenvalue weighted by Crippen LogP contribution is -2.53. The smallest absolute Gasteiger partial charge is 0.347 e. The van der Waals surface area contributed by atoms with E-state index in [4.69, 9.17) is 4.74 Å². The predicted octanol–water partition coefficient (Wildman–Crippen LogP) is 17.0. The number of quaternary nitrogens is 1. The number of fused-ring (bicyclic) bond motifs is 1. The first kappa shape index (κ1) is 46.5. The van der Waals surface area contributed by atoms with Gasteiger partial charge >= 0.3 is 11.9 Å². The Hall–Kier alpha value is -5.00. The molecule has 5 aromatic carbocycles. The molecule has 0 amide bonds. The number of hydrogen-bond acceptors (Lipinski definition) is 4. The van der Waals surface area contributed by atoms with E-state index in [2.05, 4.69) is 138 Å². The molecular weight excluding hydrogens is 797 g/mol. The van der Waals surface area contributed by atoms with Crippen molar-refractivity contribution in [3.05, 3.63) is 137 Å². The van der Waals surface area contributed by atoms with Crippen LogP contribution < -0.4 is 9.38 Å². The van der Waals surface area contributed by atoms with E-state index in [0.717, 1.165) is 51.0 Å². The van der Waals surface area contributed by atoms with Crippen molar-refractivity contribution in [2.75, 3.05) is 11.4 Å². The highest BCUT2D eigenvalue weighted by Crippen LogP contribution is 2.52. The second kappa shape index (κ2) is 19.8. The minimum absolute atomic E-state index is 0.0938. The molecule has 5 aromatic rings. The van der Waals surface area contributed by atoms with Crippen LogP contribution in [0.4, 0.5) is 22.7 Å². The molecule has 8 rings (SSSR count). The average Bonchev–Trinajstić information content (AvgIpc) is 3.64. The summed E-state index contributed by atoms with van der Waals surface area (Å²) in [5.74, 6) is -1.13. The second-order valence-corrected chi connectivity index (χ2v) is 20.9. The Kier molecular flexibility index (Phi) is 14.2. The molecule has 1 fully saturated rings.